The molecule has 0 aliphatic heterocycles. The molecule has 1 aromatic carbocycles. The van der Waals surface area contributed by atoms with E-state index in [2.05, 4.69) is 9.82 Å². The van der Waals surface area contributed by atoms with Crippen LogP contribution in [0.4, 0.5) is 5.82 Å². The van der Waals surface area contributed by atoms with E-state index in [1.54, 1.807) is 31.4 Å². The van der Waals surface area contributed by atoms with Crippen LogP contribution >= 0.6 is 0 Å². The number of hydrogen-bond acceptors (Lipinski definition) is 4. The first-order valence-electron chi connectivity index (χ1n) is 6.30. The Kier molecular flexibility index (Phi) is 4.10. The molecule has 0 amide bonds. The second-order valence-corrected chi connectivity index (χ2v) is 6.25. The summed E-state index contributed by atoms with van der Waals surface area (Å²) in [6.45, 7) is 1.96. The predicted molar refractivity (Wildman–Crippen MR) is 77.7 cm³/mol. The lowest BCUT2D eigenvalue weighted by molar-refractivity contribution is 0.600. The molecule has 6 nitrogen and oxygen atoms in total. The van der Waals surface area contributed by atoms with Gasteiger partial charge in [0.05, 0.1) is 4.90 Å². The number of anilines is 1. The second kappa shape index (κ2) is 5.64. The lowest BCUT2D eigenvalue weighted by Crippen LogP contribution is -2.15. The molecule has 0 saturated heterocycles. The molecule has 0 aliphatic carbocycles. The zero-order valence-corrected chi connectivity index (χ0v) is 12.3. The van der Waals surface area contributed by atoms with Gasteiger partial charge in [0, 0.05) is 25.4 Å². The summed E-state index contributed by atoms with van der Waals surface area (Å²) in [6, 6.07) is 8.08. The van der Waals surface area contributed by atoms with Crippen LogP contribution < -0.4 is 10.5 Å². The van der Waals surface area contributed by atoms with Gasteiger partial charge in [-0.25, -0.2) is 8.42 Å². The molecule has 2 rings (SSSR count). The van der Waals surface area contributed by atoms with Crippen LogP contribution in [-0.4, -0.2) is 18.2 Å². The summed E-state index contributed by atoms with van der Waals surface area (Å²) in [7, 11) is -1.92. The summed E-state index contributed by atoms with van der Waals surface area (Å²) in [6.07, 6.45) is 2.42. The van der Waals surface area contributed by atoms with E-state index in [0.717, 1.165) is 12.0 Å². The molecule has 0 aliphatic rings. The molecule has 20 heavy (non-hydrogen) atoms. The number of aryl methyl sites for hydroxylation is 1. The Morgan fingerprint density at radius 1 is 1.40 bits per heavy atom. The highest BCUT2D eigenvalue weighted by atomic mass is 32.2. The SMILES string of the molecule is CCC(N)c1cccc(S(=O)(=O)Nc2ccn(C)n2)c1. The molecule has 1 aromatic heterocycles. The van der Waals surface area contributed by atoms with Gasteiger partial charge in [0.25, 0.3) is 10.0 Å². The number of hydrogen-bond donors (Lipinski definition) is 2. The molecular formula is C13H18N4O2S. The van der Waals surface area contributed by atoms with E-state index in [1.807, 2.05) is 13.0 Å². The molecule has 1 heterocycles. The first-order valence-corrected chi connectivity index (χ1v) is 7.78. The van der Waals surface area contributed by atoms with Gasteiger partial charge in [-0.1, -0.05) is 19.1 Å². The van der Waals surface area contributed by atoms with Crippen molar-refractivity contribution in [1.29, 1.82) is 0 Å². The fourth-order valence-corrected chi connectivity index (χ4v) is 2.87. The van der Waals surface area contributed by atoms with E-state index in [0.29, 0.717) is 0 Å². The topological polar surface area (TPSA) is 90.0 Å². The fraction of sp³-hybridized carbons (Fsp3) is 0.308. The van der Waals surface area contributed by atoms with Crippen LogP contribution in [0.5, 0.6) is 0 Å². The third-order valence-corrected chi connectivity index (χ3v) is 4.34. The third kappa shape index (κ3) is 3.17. The molecule has 1 atom stereocenters. The maximum atomic E-state index is 12.3. The van der Waals surface area contributed by atoms with E-state index >= 15 is 0 Å². The highest BCUT2D eigenvalue weighted by molar-refractivity contribution is 7.92. The molecule has 0 spiro atoms. The Hall–Kier alpha value is -1.86. The maximum absolute atomic E-state index is 12.3. The van der Waals surface area contributed by atoms with E-state index < -0.39 is 10.0 Å². The van der Waals surface area contributed by atoms with Gasteiger partial charge in [0.2, 0.25) is 0 Å². The first-order chi connectivity index (χ1) is 9.42. The molecule has 0 saturated carbocycles. The van der Waals surface area contributed by atoms with Crippen molar-refractivity contribution in [1.82, 2.24) is 9.78 Å². The minimum atomic E-state index is -3.65. The van der Waals surface area contributed by atoms with Crippen LogP contribution in [0.3, 0.4) is 0 Å². The Balaban J connectivity index is 2.29. The zero-order valence-electron chi connectivity index (χ0n) is 11.4. The van der Waals surface area contributed by atoms with E-state index in [-0.39, 0.29) is 16.8 Å². The maximum Gasteiger partial charge on any atom is 0.263 e. The summed E-state index contributed by atoms with van der Waals surface area (Å²) in [5.74, 6) is 0.290. The van der Waals surface area contributed by atoms with Crippen LogP contribution in [-0.2, 0) is 17.1 Å². The van der Waals surface area contributed by atoms with Crippen molar-refractivity contribution in [2.75, 3.05) is 4.72 Å². The minimum Gasteiger partial charge on any atom is -0.324 e. The zero-order chi connectivity index (χ0) is 14.8. The standard InChI is InChI=1S/C13H18N4O2S/c1-3-12(14)10-5-4-6-11(9-10)20(18,19)16-13-7-8-17(2)15-13/h4-9,12H,3,14H2,1-2H3,(H,15,16). The second-order valence-electron chi connectivity index (χ2n) is 4.57. The molecule has 108 valence electrons. The molecule has 2 aromatic rings. The van der Waals surface area contributed by atoms with E-state index in [1.165, 1.54) is 10.7 Å². The Labute approximate surface area is 118 Å². The number of nitrogens with zero attached hydrogens (tertiary/aromatic N) is 2. The number of nitrogens with two attached hydrogens (primary N) is 1. The highest BCUT2D eigenvalue weighted by Crippen LogP contribution is 2.20. The first kappa shape index (κ1) is 14.5. The van der Waals surface area contributed by atoms with Crippen LogP contribution in [0.1, 0.15) is 24.9 Å². The van der Waals surface area contributed by atoms with Crippen molar-refractivity contribution in [2.45, 2.75) is 24.3 Å². The van der Waals surface area contributed by atoms with Crippen molar-refractivity contribution in [3.63, 3.8) is 0 Å². The molecule has 0 fully saturated rings. The lowest BCUT2D eigenvalue weighted by atomic mass is 10.1. The third-order valence-electron chi connectivity index (χ3n) is 2.99. The smallest absolute Gasteiger partial charge is 0.263 e. The Bertz CT molecular complexity index is 694. The quantitative estimate of drug-likeness (QED) is 0.877. The molecule has 7 heteroatoms. The van der Waals surface area contributed by atoms with Gasteiger partial charge in [-0.2, -0.15) is 5.10 Å². The van der Waals surface area contributed by atoms with Crippen molar-refractivity contribution in [3.05, 3.63) is 42.1 Å². The summed E-state index contributed by atoms with van der Waals surface area (Å²) >= 11 is 0. The molecule has 1 unspecified atom stereocenters. The average molecular weight is 294 g/mol. The number of sulfonamides is 1. The average Bonchev–Trinajstić information content (AvgIpc) is 2.82. The summed E-state index contributed by atoms with van der Waals surface area (Å²) in [4.78, 5) is 0.185. The lowest BCUT2D eigenvalue weighted by Gasteiger charge is -2.11. The monoisotopic (exact) mass is 294 g/mol. The minimum absolute atomic E-state index is 0.167. The number of rotatable bonds is 5. The van der Waals surface area contributed by atoms with Crippen molar-refractivity contribution >= 4 is 15.8 Å². The van der Waals surface area contributed by atoms with E-state index in [4.69, 9.17) is 5.73 Å². The van der Waals surface area contributed by atoms with Crippen LogP contribution in [0, 0.1) is 0 Å². The highest BCUT2D eigenvalue weighted by Gasteiger charge is 2.16. The Morgan fingerprint density at radius 2 is 2.15 bits per heavy atom. The Morgan fingerprint density at radius 3 is 2.75 bits per heavy atom. The van der Waals surface area contributed by atoms with Crippen molar-refractivity contribution in [3.8, 4) is 0 Å². The van der Waals surface area contributed by atoms with Gasteiger partial charge in [-0.15, -0.1) is 0 Å². The van der Waals surface area contributed by atoms with Crippen molar-refractivity contribution in [2.24, 2.45) is 12.8 Å². The predicted octanol–water partition coefficient (Wildman–Crippen LogP) is 1.63. The normalized spacial score (nSPS) is 13.2. The van der Waals surface area contributed by atoms with Crippen LogP contribution in [0.2, 0.25) is 0 Å². The van der Waals surface area contributed by atoms with Gasteiger partial charge >= 0.3 is 0 Å². The fourth-order valence-electron chi connectivity index (χ4n) is 1.81. The van der Waals surface area contributed by atoms with E-state index in [9.17, 15) is 8.42 Å². The largest absolute Gasteiger partial charge is 0.324 e. The van der Waals surface area contributed by atoms with Gasteiger partial charge in [-0.3, -0.25) is 9.40 Å². The number of nitrogens with one attached hydrogen (secondary N) is 1. The van der Waals surface area contributed by atoms with Gasteiger partial charge in [-0.05, 0) is 24.1 Å². The summed E-state index contributed by atoms with van der Waals surface area (Å²) in [5, 5.41) is 4.00. The summed E-state index contributed by atoms with van der Waals surface area (Å²) < 4.78 is 28.5. The van der Waals surface area contributed by atoms with Gasteiger partial charge < -0.3 is 5.73 Å². The van der Waals surface area contributed by atoms with Crippen molar-refractivity contribution < 1.29 is 8.42 Å². The van der Waals surface area contributed by atoms with Gasteiger partial charge in [0.15, 0.2) is 5.82 Å². The van der Waals surface area contributed by atoms with Crippen LogP contribution in [0.25, 0.3) is 0 Å². The summed E-state index contributed by atoms with van der Waals surface area (Å²) in [5.41, 5.74) is 6.73. The molecule has 0 bridgehead atoms. The number of aromatic nitrogens is 2. The van der Waals surface area contributed by atoms with Crippen LogP contribution in [0.15, 0.2) is 41.4 Å². The molecule has 3 N–H and O–H groups in total. The number of benzene rings is 1. The molecular weight excluding hydrogens is 276 g/mol. The molecule has 0 radical (unpaired) electrons. The van der Waals surface area contributed by atoms with Gasteiger partial charge in [0.1, 0.15) is 0 Å².